The van der Waals surface area contributed by atoms with Gasteiger partial charge in [-0.3, -0.25) is 0 Å². The van der Waals surface area contributed by atoms with Gasteiger partial charge in [0.15, 0.2) is 0 Å². The normalized spacial score (nSPS) is 15.9. The van der Waals surface area contributed by atoms with E-state index in [-0.39, 0.29) is 29.3 Å². The van der Waals surface area contributed by atoms with E-state index >= 15 is 0 Å². The van der Waals surface area contributed by atoms with E-state index in [1.54, 1.807) is 12.1 Å². The van der Waals surface area contributed by atoms with Crippen LogP contribution in [-0.4, -0.2) is 23.8 Å². The molecule has 198 valence electrons. The Balaban J connectivity index is 1.49. The van der Waals surface area contributed by atoms with Crippen molar-refractivity contribution in [1.29, 1.82) is 0 Å². The molecule has 2 N–H and O–H groups in total. The van der Waals surface area contributed by atoms with Gasteiger partial charge in [0.25, 0.3) is 0 Å². The molecule has 36 heavy (non-hydrogen) atoms. The number of halogens is 4. The molecule has 0 aliphatic heterocycles. The van der Waals surface area contributed by atoms with Gasteiger partial charge < -0.3 is 5.32 Å². The van der Waals surface area contributed by atoms with Crippen molar-refractivity contribution in [2.24, 2.45) is 0 Å². The van der Waals surface area contributed by atoms with Crippen molar-refractivity contribution >= 4 is 20.0 Å². The Labute approximate surface area is 215 Å². The zero-order chi connectivity index (χ0) is 26.0. The Bertz CT molecular complexity index is 982. The van der Waals surface area contributed by atoms with Crippen LogP contribution in [-0.2, 0) is 27.2 Å². The number of benzene rings is 2. The number of thioether (sulfide) groups is 1. The van der Waals surface area contributed by atoms with Gasteiger partial charge in [0.2, 0.25) is 0 Å². The second kappa shape index (κ2) is 13.9. The molecule has 0 aromatic heterocycles. The first-order valence-corrected chi connectivity index (χ1v) is 14.4. The van der Waals surface area contributed by atoms with E-state index in [2.05, 4.69) is 9.84 Å². The van der Waals surface area contributed by atoms with Crippen molar-refractivity contribution in [3.8, 4) is 0 Å². The van der Waals surface area contributed by atoms with Gasteiger partial charge in [0.1, 0.15) is 12.4 Å². The number of nitrogens with one attached hydrogen (secondary N) is 1. The zero-order valence-corrected chi connectivity index (χ0v) is 21.9. The maximum absolute atomic E-state index is 13.7. The van der Waals surface area contributed by atoms with E-state index in [0.717, 1.165) is 44.9 Å². The van der Waals surface area contributed by atoms with E-state index in [0.29, 0.717) is 24.3 Å². The van der Waals surface area contributed by atoms with E-state index in [4.69, 9.17) is 4.89 Å². The molecule has 0 amide bonds. The van der Waals surface area contributed by atoms with Crippen molar-refractivity contribution in [2.45, 2.75) is 74.4 Å². The summed E-state index contributed by atoms with van der Waals surface area (Å²) in [6, 6.07) is 11.2. The van der Waals surface area contributed by atoms with Gasteiger partial charge in [-0.2, -0.15) is 13.2 Å². The van der Waals surface area contributed by atoms with Crippen LogP contribution in [0, 0.1) is 5.82 Å². The summed E-state index contributed by atoms with van der Waals surface area (Å²) in [6.45, 7) is 0.832. The monoisotopic (exact) mass is 546 g/mol. The lowest BCUT2D eigenvalue weighted by Gasteiger charge is -2.30. The van der Waals surface area contributed by atoms with E-state index < -0.39 is 20.0 Å². The second-order valence-electron chi connectivity index (χ2n) is 9.23. The minimum atomic E-state index is -4.44. The molecule has 0 bridgehead atoms. The first kappa shape index (κ1) is 29.1. The number of alkyl halides is 3. The molecule has 4 nitrogen and oxygen atoms in total. The molecule has 0 spiro atoms. The molecule has 1 atom stereocenters. The summed E-state index contributed by atoms with van der Waals surface area (Å²) < 4.78 is 69.5. The van der Waals surface area contributed by atoms with E-state index in [9.17, 15) is 22.1 Å². The van der Waals surface area contributed by atoms with E-state index in [1.807, 2.05) is 12.1 Å². The fourth-order valence-electron chi connectivity index (χ4n) is 4.89. The fourth-order valence-corrected chi connectivity index (χ4v) is 6.24. The summed E-state index contributed by atoms with van der Waals surface area (Å²) in [4.78, 5) is 8.81. The minimum absolute atomic E-state index is 0.0615. The van der Waals surface area contributed by atoms with Crippen LogP contribution in [0.5, 0.6) is 0 Å². The number of unbranched alkanes of at least 4 members (excludes halogenated alkanes) is 1. The largest absolute Gasteiger partial charge is 0.694 e. The lowest BCUT2D eigenvalue weighted by Crippen LogP contribution is -2.22. The average molecular weight is 547 g/mol. The van der Waals surface area contributed by atoms with Crippen molar-refractivity contribution in [2.75, 3.05) is 18.9 Å². The summed E-state index contributed by atoms with van der Waals surface area (Å²) >= 11 is 1.24. The lowest BCUT2D eigenvalue weighted by atomic mass is 9.75. The van der Waals surface area contributed by atoms with Crippen LogP contribution in [0.25, 0.3) is 0 Å². The van der Waals surface area contributed by atoms with E-state index in [1.165, 1.54) is 35.5 Å². The minimum Gasteiger partial charge on any atom is -0.313 e. The molecule has 0 heterocycles. The maximum Gasteiger partial charge on any atom is 0.694 e. The third-order valence-electron chi connectivity index (χ3n) is 6.70. The molecule has 1 aliphatic rings. The predicted molar refractivity (Wildman–Crippen MR) is 135 cm³/mol. The smallest absolute Gasteiger partial charge is 0.313 e. The molecular formula is C26H33F4NO3PS+. The van der Waals surface area contributed by atoms with Crippen LogP contribution < -0.4 is 5.32 Å². The van der Waals surface area contributed by atoms with Gasteiger partial charge >= 0.3 is 14.4 Å². The van der Waals surface area contributed by atoms with Crippen molar-refractivity contribution in [3.63, 3.8) is 0 Å². The molecule has 2 aromatic carbocycles. The molecular weight excluding hydrogens is 513 g/mol. The third-order valence-corrected chi connectivity index (χ3v) is 8.27. The highest BCUT2D eigenvalue weighted by molar-refractivity contribution is 7.99. The molecule has 3 rings (SSSR count). The van der Waals surface area contributed by atoms with Gasteiger partial charge in [0.05, 0.1) is 5.56 Å². The molecule has 10 heteroatoms. The van der Waals surface area contributed by atoms with Crippen LogP contribution in [0.1, 0.15) is 68.1 Å². The fraction of sp³-hybridized carbons (Fsp3) is 0.538. The van der Waals surface area contributed by atoms with Crippen molar-refractivity contribution < 1.29 is 31.5 Å². The van der Waals surface area contributed by atoms with Gasteiger partial charge in [0, 0.05) is 16.0 Å². The number of rotatable bonds is 14. The highest BCUT2D eigenvalue weighted by atomic mass is 32.2. The molecule has 1 aliphatic carbocycles. The van der Waals surface area contributed by atoms with Crippen LogP contribution in [0.2, 0.25) is 0 Å². The van der Waals surface area contributed by atoms with Crippen LogP contribution in [0.4, 0.5) is 17.6 Å². The van der Waals surface area contributed by atoms with Gasteiger partial charge in [-0.1, -0.05) is 37.5 Å². The Morgan fingerprint density at radius 1 is 1.06 bits per heavy atom. The lowest BCUT2D eigenvalue weighted by molar-refractivity contribution is -0.139. The summed E-state index contributed by atoms with van der Waals surface area (Å²) in [5.41, 5.74) is 1.15. The van der Waals surface area contributed by atoms with Crippen LogP contribution in [0.15, 0.2) is 47.4 Å². The predicted octanol–water partition coefficient (Wildman–Crippen LogP) is 7.76. The highest BCUT2D eigenvalue weighted by Crippen LogP contribution is 2.45. The molecule has 0 saturated heterocycles. The number of hydrogen-bond donors (Lipinski definition) is 2. The molecule has 1 fully saturated rings. The summed E-state index contributed by atoms with van der Waals surface area (Å²) in [5.74, 6) is 0.366. The topological polar surface area (TPSA) is 58.6 Å². The van der Waals surface area contributed by atoms with Crippen LogP contribution in [0.3, 0.4) is 0 Å². The molecule has 1 saturated carbocycles. The Hall–Kier alpha value is -1.51. The first-order valence-electron chi connectivity index (χ1n) is 12.3. The Morgan fingerprint density at radius 3 is 2.44 bits per heavy atom. The molecule has 2 aromatic rings. The third kappa shape index (κ3) is 8.80. The summed E-state index contributed by atoms with van der Waals surface area (Å²) in [5, 5.41) is 3.03. The first-order chi connectivity index (χ1) is 17.2. The summed E-state index contributed by atoms with van der Waals surface area (Å²) in [6.07, 6.45) is 3.20. The quantitative estimate of drug-likeness (QED) is 0.110. The SMILES string of the molecule is O=[P+](O)OCCCNCc1ccc(SCCCCC2(c3ccc(F)cc3)CCCC2)c(C(F)(F)F)c1. The van der Waals surface area contributed by atoms with Gasteiger partial charge in [-0.25, -0.2) is 4.39 Å². The van der Waals surface area contributed by atoms with Gasteiger partial charge in [-0.15, -0.1) is 21.2 Å². The molecule has 1 unspecified atom stereocenters. The van der Waals surface area contributed by atoms with Gasteiger partial charge in [-0.05, 0) is 85.2 Å². The Morgan fingerprint density at radius 2 is 1.78 bits per heavy atom. The summed E-state index contributed by atoms with van der Waals surface area (Å²) in [7, 11) is -2.63. The average Bonchev–Trinajstić information content (AvgIpc) is 3.31. The standard InChI is InChI=1S/C26H32F4NO3PS/c27-22-9-7-21(8-10-22)25(12-1-2-13-25)14-3-4-17-36-24-11-6-20(18-23(24)26(28,29)30)19-31-15-5-16-34-35(32)33/h6-11,18,31H,1-5,12-17,19H2/p+1. The zero-order valence-electron chi connectivity index (χ0n) is 20.2. The number of hydrogen-bond acceptors (Lipinski definition) is 4. The Kier molecular flexibility index (Phi) is 11.2. The highest BCUT2D eigenvalue weighted by Gasteiger charge is 2.35. The molecule has 0 radical (unpaired) electrons. The van der Waals surface area contributed by atoms with Crippen molar-refractivity contribution in [1.82, 2.24) is 5.32 Å². The second-order valence-corrected chi connectivity index (χ2v) is 11.1. The van der Waals surface area contributed by atoms with Crippen molar-refractivity contribution in [3.05, 3.63) is 65.0 Å². The van der Waals surface area contributed by atoms with Crippen LogP contribution >= 0.6 is 20.0 Å². The maximum atomic E-state index is 13.7.